The molecule has 5 nitrogen and oxygen atoms in total. The number of hydrogen-bond acceptors (Lipinski definition) is 5. The van der Waals surface area contributed by atoms with E-state index in [1.807, 2.05) is 31.2 Å². The molecular weight excluding hydrogens is 292 g/mol. The lowest BCUT2D eigenvalue weighted by Crippen LogP contribution is -2.09. The predicted octanol–water partition coefficient (Wildman–Crippen LogP) is 3.96. The maximum Gasteiger partial charge on any atom is 0.361 e. The van der Waals surface area contributed by atoms with E-state index < -0.39 is 5.97 Å². The van der Waals surface area contributed by atoms with Gasteiger partial charge in [0, 0.05) is 24.0 Å². The first kappa shape index (κ1) is 15.0. The van der Waals surface area contributed by atoms with Crippen LogP contribution in [0.1, 0.15) is 34.6 Å². The number of hydrogen-bond donors (Lipinski definition) is 0. The Balaban J connectivity index is 1.72. The molecule has 0 saturated heterocycles. The molecular formula is C18H16N2O3. The minimum Gasteiger partial charge on any atom is -0.453 e. The molecule has 1 unspecified atom stereocenters. The summed E-state index contributed by atoms with van der Waals surface area (Å²) in [6, 6.07) is 13.0. The summed E-state index contributed by atoms with van der Waals surface area (Å²) in [5.41, 5.74) is 3.04. The average molecular weight is 308 g/mol. The van der Waals surface area contributed by atoms with Crippen LogP contribution in [0.2, 0.25) is 0 Å². The lowest BCUT2D eigenvalue weighted by molar-refractivity contribution is 0.0326. The Bertz CT molecular complexity index is 795. The minimum absolute atomic E-state index is 0.154. The van der Waals surface area contributed by atoms with Crippen molar-refractivity contribution in [3.63, 3.8) is 0 Å². The predicted molar refractivity (Wildman–Crippen MR) is 84.7 cm³/mol. The Morgan fingerprint density at radius 1 is 1.13 bits per heavy atom. The van der Waals surface area contributed by atoms with Crippen LogP contribution in [0.5, 0.6) is 0 Å². The summed E-state index contributed by atoms with van der Waals surface area (Å²) >= 11 is 0. The van der Waals surface area contributed by atoms with Crippen LogP contribution < -0.4 is 0 Å². The highest BCUT2D eigenvalue weighted by molar-refractivity contribution is 5.88. The van der Waals surface area contributed by atoms with Crippen LogP contribution in [0.25, 0.3) is 11.3 Å². The van der Waals surface area contributed by atoms with Crippen LogP contribution in [-0.2, 0) is 4.74 Å². The van der Waals surface area contributed by atoms with E-state index in [0.717, 1.165) is 16.7 Å². The molecule has 0 bridgehead atoms. The summed E-state index contributed by atoms with van der Waals surface area (Å²) < 4.78 is 10.6. The van der Waals surface area contributed by atoms with E-state index in [0.29, 0.717) is 5.76 Å². The monoisotopic (exact) mass is 308 g/mol. The molecule has 2 heterocycles. The van der Waals surface area contributed by atoms with Crippen molar-refractivity contribution in [3.05, 3.63) is 71.7 Å². The lowest BCUT2D eigenvalue weighted by atomic mass is 10.1. The van der Waals surface area contributed by atoms with Crippen molar-refractivity contribution in [2.24, 2.45) is 0 Å². The number of rotatable bonds is 4. The van der Waals surface area contributed by atoms with Crippen molar-refractivity contribution >= 4 is 5.97 Å². The van der Waals surface area contributed by atoms with Crippen molar-refractivity contribution in [1.29, 1.82) is 0 Å². The zero-order valence-corrected chi connectivity index (χ0v) is 12.9. The van der Waals surface area contributed by atoms with Gasteiger partial charge in [-0.05, 0) is 31.5 Å². The number of benzene rings is 1. The molecule has 1 atom stereocenters. The molecule has 0 fully saturated rings. The van der Waals surface area contributed by atoms with E-state index in [1.165, 1.54) is 0 Å². The van der Waals surface area contributed by atoms with Crippen molar-refractivity contribution in [3.8, 4) is 11.3 Å². The normalized spacial score (nSPS) is 11.9. The number of pyridine rings is 1. The van der Waals surface area contributed by atoms with E-state index in [9.17, 15) is 4.79 Å². The van der Waals surface area contributed by atoms with Gasteiger partial charge >= 0.3 is 5.97 Å². The third kappa shape index (κ3) is 3.45. The second kappa shape index (κ2) is 6.44. The summed E-state index contributed by atoms with van der Waals surface area (Å²) in [4.78, 5) is 16.1. The van der Waals surface area contributed by atoms with Crippen molar-refractivity contribution < 1.29 is 14.1 Å². The van der Waals surface area contributed by atoms with Crippen molar-refractivity contribution in [1.82, 2.24) is 10.1 Å². The van der Waals surface area contributed by atoms with Gasteiger partial charge in [0.2, 0.25) is 0 Å². The van der Waals surface area contributed by atoms with Gasteiger partial charge in [0.25, 0.3) is 0 Å². The van der Waals surface area contributed by atoms with Gasteiger partial charge < -0.3 is 9.26 Å². The van der Waals surface area contributed by atoms with E-state index in [4.69, 9.17) is 9.26 Å². The maximum absolute atomic E-state index is 12.2. The Hall–Kier alpha value is -2.95. The molecule has 5 heteroatoms. The Morgan fingerprint density at radius 3 is 2.52 bits per heavy atom. The fraction of sp³-hybridized carbons (Fsp3) is 0.167. The zero-order valence-electron chi connectivity index (χ0n) is 12.9. The molecule has 3 rings (SSSR count). The van der Waals surface area contributed by atoms with Crippen LogP contribution in [0.15, 0.2) is 59.4 Å². The molecule has 0 aliphatic rings. The van der Waals surface area contributed by atoms with Crippen molar-refractivity contribution in [2.45, 2.75) is 20.0 Å². The smallest absolute Gasteiger partial charge is 0.361 e. The van der Waals surface area contributed by atoms with E-state index in [1.54, 1.807) is 37.5 Å². The van der Waals surface area contributed by atoms with Gasteiger partial charge in [0.05, 0.1) is 0 Å². The van der Waals surface area contributed by atoms with Gasteiger partial charge in [-0.2, -0.15) is 0 Å². The average Bonchev–Trinajstić information content (AvgIpc) is 3.06. The molecule has 0 aliphatic carbocycles. The summed E-state index contributed by atoms with van der Waals surface area (Å²) in [6.45, 7) is 3.81. The molecule has 116 valence electrons. The number of carbonyl (C=O) groups is 1. The molecule has 0 spiro atoms. The second-order valence-corrected chi connectivity index (χ2v) is 5.27. The standard InChI is InChI=1S/C18H16N2O3/c1-12-3-5-15(6-4-12)17-11-16(20-23-17)18(21)22-13(2)14-7-9-19-10-8-14/h3-11,13H,1-2H3. The summed E-state index contributed by atoms with van der Waals surface area (Å²) in [6.07, 6.45) is 2.93. The molecule has 0 N–H and O–H groups in total. The van der Waals surface area contributed by atoms with E-state index in [2.05, 4.69) is 10.1 Å². The number of carbonyl (C=O) groups excluding carboxylic acids is 1. The van der Waals surface area contributed by atoms with Crippen LogP contribution in [0.3, 0.4) is 0 Å². The Labute approximate surface area is 133 Å². The first-order valence-electron chi connectivity index (χ1n) is 7.28. The number of esters is 1. The first-order chi connectivity index (χ1) is 11.1. The van der Waals surface area contributed by atoms with Gasteiger partial charge in [-0.25, -0.2) is 4.79 Å². The second-order valence-electron chi connectivity index (χ2n) is 5.27. The van der Waals surface area contributed by atoms with Crippen LogP contribution in [-0.4, -0.2) is 16.1 Å². The first-order valence-corrected chi connectivity index (χ1v) is 7.28. The molecule has 0 saturated carbocycles. The molecule has 2 aromatic heterocycles. The summed E-state index contributed by atoms with van der Waals surface area (Å²) in [7, 11) is 0. The minimum atomic E-state index is -0.517. The SMILES string of the molecule is Cc1ccc(-c2cc(C(=O)OC(C)c3ccncc3)no2)cc1. The number of ether oxygens (including phenoxy) is 1. The third-order valence-electron chi connectivity index (χ3n) is 3.51. The van der Waals surface area contributed by atoms with Gasteiger partial charge in [-0.3, -0.25) is 4.98 Å². The quantitative estimate of drug-likeness (QED) is 0.682. The highest BCUT2D eigenvalue weighted by atomic mass is 16.5. The van der Waals surface area contributed by atoms with E-state index >= 15 is 0 Å². The van der Waals surface area contributed by atoms with Crippen LogP contribution >= 0.6 is 0 Å². The van der Waals surface area contributed by atoms with Gasteiger partial charge in [0.15, 0.2) is 11.5 Å². The number of nitrogens with zero attached hydrogens (tertiary/aromatic N) is 2. The van der Waals surface area contributed by atoms with E-state index in [-0.39, 0.29) is 11.8 Å². The zero-order chi connectivity index (χ0) is 16.2. The van der Waals surface area contributed by atoms with Gasteiger partial charge in [0.1, 0.15) is 6.10 Å². The molecule has 0 amide bonds. The third-order valence-corrected chi connectivity index (χ3v) is 3.51. The number of aromatic nitrogens is 2. The van der Waals surface area contributed by atoms with Crippen LogP contribution in [0, 0.1) is 6.92 Å². The van der Waals surface area contributed by atoms with Gasteiger partial charge in [-0.1, -0.05) is 35.0 Å². The van der Waals surface area contributed by atoms with Crippen molar-refractivity contribution in [2.75, 3.05) is 0 Å². The summed E-state index contributed by atoms with van der Waals surface area (Å²) in [5.74, 6) is 0.0185. The fourth-order valence-electron chi connectivity index (χ4n) is 2.15. The Kier molecular flexibility index (Phi) is 4.19. The molecule has 0 aliphatic heterocycles. The molecule has 3 aromatic rings. The topological polar surface area (TPSA) is 65.2 Å². The maximum atomic E-state index is 12.2. The lowest BCUT2D eigenvalue weighted by Gasteiger charge is -2.11. The largest absolute Gasteiger partial charge is 0.453 e. The summed E-state index contributed by atoms with van der Waals surface area (Å²) in [5, 5.41) is 3.80. The van der Waals surface area contributed by atoms with Gasteiger partial charge in [-0.15, -0.1) is 0 Å². The van der Waals surface area contributed by atoms with Crippen LogP contribution in [0.4, 0.5) is 0 Å². The fourth-order valence-corrected chi connectivity index (χ4v) is 2.15. The highest BCUT2D eigenvalue weighted by Gasteiger charge is 2.18. The molecule has 0 radical (unpaired) electrons. The highest BCUT2D eigenvalue weighted by Crippen LogP contribution is 2.23. The molecule has 1 aromatic carbocycles. The number of aryl methyl sites for hydroxylation is 1. The molecule has 23 heavy (non-hydrogen) atoms. The Morgan fingerprint density at radius 2 is 1.83 bits per heavy atom.